The third-order valence-electron chi connectivity index (χ3n) is 4.21. The molecule has 4 atom stereocenters. The zero-order valence-corrected chi connectivity index (χ0v) is 11.7. The summed E-state index contributed by atoms with van der Waals surface area (Å²) in [5.41, 5.74) is 0.967. The number of nitro benzene ring substituents is 1. The standard InChI is InChI=1S/C15H17NO5/c1-9-8-13-12(6-7-14(17)21-13)15(20-9)10-2-4-11(5-3-10)16(18)19/h2-5,9,12-13,15H,6-8H2,1H3/t9-,12-,13+,15+/m1/s1. The Labute approximate surface area is 122 Å². The lowest BCUT2D eigenvalue weighted by atomic mass is 9.81. The van der Waals surface area contributed by atoms with Crippen molar-refractivity contribution in [3.8, 4) is 0 Å². The second kappa shape index (κ2) is 5.44. The van der Waals surface area contributed by atoms with E-state index in [0.717, 1.165) is 12.0 Å². The van der Waals surface area contributed by atoms with Crippen molar-refractivity contribution in [2.75, 3.05) is 0 Å². The van der Waals surface area contributed by atoms with E-state index in [1.807, 2.05) is 6.92 Å². The largest absolute Gasteiger partial charge is 0.462 e. The molecule has 1 aromatic carbocycles. The molecule has 2 saturated heterocycles. The first kappa shape index (κ1) is 14.0. The number of non-ortho nitro benzene ring substituents is 1. The molecule has 2 heterocycles. The van der Waals surface area contributed by atoms with Crippen LogP contribution in [0.3, 0.4) is 0 Å². The average Bonchev–Trinajstić information content (AvgIpc) is 2.46. The average molecular weight is 291 g/mol. The molecule has 0 unspecified atom stereocenters. The van der Waals surface area contributed by atoms with E-state index in [9.17, 15) is 14.9 Å². The molecular weight excluding hydrogens is 274 g/mol. The minimum absolute atomic E-state index is 0.00246. The maximum absolute atomic E-state index is 11.4. The quantitative estimate of drug-likeness (QED) is 0.475. The van der Waals surface area contributed by atoms with Gasteiger partial charge in [0, 0.05) is 30.9 Å². The molecule has 0 amide bonds. The van der Waals surface area contributed by atoms with Crippen molar-refractivity contribution < 1.29 is 19.2 Å². The summed E-state index contributed by atoms with van der Waals surface area (Å²) in [7, 11) is 0. The number of ether oxygens (including phenoxy) is 2. The summed E-state index contributed by atoms with van der Waals surface area (Å²) >= 11 is 0. The van der Waals surface area contributed by atoms with Crippen molar-refractivity contribution >= 4 is 11.7 Å². The van der Waals surface area contributed by atoms with Crippen LogP contribution in [-0.2, 0) is 14.3 Å². The predicted octanol–water partition coefficient (Wildman–Crippen LogP) is 2.77. The number of carbonyl (C=O) groups is 1. The van der Waals surface area contributed by atoms with Crippen LogP contribution in [0.15, 0.2) is 24.3 Å². The third kappa shape index (κ3) is 2.76. The fraction of sp³-hybridized carbons (Fsp3) is 0.533. The number of rotatable bonds is 2. The van der Waals surface area contributed by atoms with Gasteiger partial charge in [0.05, 0.1) is 17.1 Å². The number of esters is 1. The van der Waals surface area contributed by atoms with Gasteiger partial charge < -0.3 is 9.47 Å². The highest BCUT2D eigenvalue weighted by molar-refractivity contribution is 5.70. The summed E-state index contributed by atoms with van der Waals surface area (Å²) in [4.78, 5) is 21.8. The molecule has 112 valence electrons. The summed E-state index contributed by atoms with van der Waals surface area (Å²) in [5.74, 6) is -0.0202. The lowest BCUT2D eigenvalue weighted by Crippen LogP contribution is -2.44. The summed E-state index contributed by atoms with van der Waals surface area (Å²) < 4.78 is 11.5. The Balaban J connectivity index is 1.85. The number of nitro groups is 1. The van der Waals surface area contributed by atoms with Crippen molar-refractivity contribution in [3.05, 3.63) is 39.9 Å². The van der Waals surface area contributed by atoms with Crippen LogP contribution in [0.4, 0.5) is 5.69 Å². The number of nitrogens with zero attached hydrogens (tertiary/aromatic N) is 1. The highest BCUT2D eigenvalue weighted by Gasteiger charge is 2.42. The van der Waals surface area contributed by atoms with Gasteiger partial charge in [0.1, 0.15) is 6.10 Å². The van der Waals surface area contributed by atoms with Gasteiger partial charge in [-0.15, -0.1) is 0 Å². The maximum Gasteiger partial charge on any atom is 0.306 e. The van der Waals surface area contributed by atoms with Gasteiger partial charge in [0.2, 0.25) is 0 Å². The van der Waals surface area contributed by atoms with Crippen molar-refractivity contribution in [3.63, 3.8) is 0 Å². The Kier molecular flexibility index (Phi) is 3.63. The normalized spacial score (nSPS) is 32.1. The molecule has 6 heteroatoms. The molecule has 1 aromatic rings. The van der Waals surface area contributed by atoms with Gasteiger partial charge in [0.15, 0.2) is 0 Å². The molecule has 0 aliphatic carbocycles. The first-order valence-corrected chi connectivity index (χ1v) is 7.14. The molecule has 2 aliphatic rings. The van der Waals surface area contributed by atoms with Crippen molar-refractivity contribution in [2.45, 2.75) is 44.5 Å². The lowest BCUT2D eigenvalue weighted by Gasteiger charge is -2.43. The minimum Gasteiger partial charge on any atom is -0.462 e. The highest BCUT2D eigenvalue weighted by atomic mass is 16.6. The van der Waals surface area contributed by atoms with E-state index in [4.69, 9.17) is 9.47 Å². The molecule has 2 aliphatic heterocycles. The monoisotopic (exact) mass is 291 g/mol. The first-order chi connectivity index (χ1) is 10.0. The van der Waals surface area contributed by atoms with E-state index >= 15 is 0 Å². The van der Waals surface area contributed by atoms with E-state index in [2.05, 4.69) is 0 Å². The summed E-state index contributed by atoms with van der Waals surface area (Å²) in [6, 6.07) is 6.44. The smallest absolute Gasteiger partial charge is 0.306 e. The molecule has 0 bridgehead atoms. The Hall–Kier alpha value is -1.95. The van der Waals surface area contributed by atoms with Gasteiger partial charge in [-0.1, -0.05) is 0 Å². The molecular formula is C15H17NO5. The second-order valence-electron chi connectivity index (χ2n) is 5.68. The molecule has 0 saturated carbocycles. The Morgan fingerprint density at radius 2 is 2.00 bits per heavy atom. The van der Waals surface area contributed by atoms with Crippen molar-refractivity contribution in [1.82, 2.24) is 0 Å². The Morgan fingerprint density at radius 1 is 1.29 bits per heavy atom. The molecule has 0 radical (unpaired) electrons. The summed E-state index contributed by atoms with van der Waals surface area (Å²) in [6.45, 7) is 1.96. The minimum atomic E-state index is -0.417. The highest BCUT2D eigenvalue weighted by Crippen LogP contribution is 2.42. The molecule has 0 spiro atoms. The molecule has 0 aromatic heterocycles. The fourth-order valence-corrected chi connectivity index (χ4v) is 3.20. The van der Waals surface area contributed by atoms with E-state index in [1.54, 1.807) is 12.1 Å². The molecule has 21 heavy (non-hydrogen) atoms. The molecule has 6 nitrogen and oxygen atoms in total. The van der Waals surface area contributed by atoms with Gasteiger partial charge in [0.25, 0.3) is 5.69 Å². The van der Waals surface area contributed by atoms with Gasteiger partial charge in [-0.2, -0.15) is 0 Å². The fourth-order valence-electron chi connectivity index (χ4n) is 3.20. The van der Waals surface area contributed by atoms with Crippen molar-refractivity contribution in [1.29, 1.82) is 0 Å². The molecule has 2 fully saturated rings. The maximum atomic E-state index is 11.4. The third-order valence-corrected chi connectivity index (χ3v) is 4.21. The first-order valence-electron chi connectivity index (χ1n) is 7.14. The summed E-state index contributed by atoms with van der Waals surface area (Å²) in [6.07, 6.45) is 1.56. The molecule has 3 rings (SSSR count). The predicted molar refractivity (Wildman–Crippen MR) is 73.6 cm³/mol. The van der Waals surface area contributed by atoms with Crippen LogP contribution < -0.4 is 0 Å². The Morgan fingerprint density at radius 3 is 2.67 bits per heavy atom. The van der Waals surface area contributed by atoms with Gasteiger partial charge in [-0.25, -0.2) is 0 Å². The number of hydrogen-bond donors (Lipinski definition) is 0. The van der Waals surface area contributed by atoms with E-state index < -0.39 is 4.92 Å². The van der Waals surface area contributed by atoms with E-state index in [0.29, 0.717) is 12.8 Å². The Bertz CT molecular complexity index is 556. The number of hydrogen-bond acceptors (Lipinski definition) is 5. The van der Waals surface area contributed by atoms with Gasteiger partial charge in [-0.05, 0) is 31.0 Å². The van der Waals surface area contributed by atoms with Crippen LogP contribution >= 0.6 is 0 Å². The van der Waals surface area contributed by atoms with Crippen LogP contribution in [0.1, 0.15) is 37.9 Å². The van der Waals surface area contributed by atoms with E-state index in [-0.39, 0.29) is 35.9 Å². The molecule has 0 N–H and O–H groups in total. The van der Waals surface area contributed by atoms with Crippen molar-refractivity contribution in [2.24, 2.45) is 5.92 Å². The van der Waals surface area contributed by atoms with Crippen LogP contribution in [0.5, 0.6) is 0 Å². The number of fused-ring (bicyclic) bond motifs is 1. The topological polar surface area (TPSA) is 78.7 Å². The lowest BCUT2D eigenvalue weighted by molar-refractivity contribution is -0.384. The van der Waals surface area contributed by atoms with Crippen LogP contribution in [0, 0.1) is 16.0 Å². The van der Waals surface area contributed by atoms with Crippen LogP contribution in [-0.4, -0.2) is 23.1 Å². The second-order valence-corrected chi connectivity index (χ2v) is 5.68. The zero-order valence-electron chi connectivity index (χ0n) is 11.7. The zero-order chi connectivity index (χ0) is 15.0. The SMILES string of the molecule is C[C@@H]1C[C@@H]2OC(=O)CC[C@H]2[C@H](c2ccc([N+](=O)[O-])cc2)O1. The van der Waals surface area contributed by atoms with E-state index in [1.165, 1.54) is 12.1 Å². The number of carbonyl (C=O) groups excluding carboxylic acids is 1. The van der Waals surface area contributed by atoms with Gasteiger partial charge in [-0.3, -0.25) is 14.9 Å². The van der Waals surface area contributed by atoms with Gasteiger partial charge >= 0.3 is 5.97 Å². The number of benzene rings is 1. The van der Waals surface area contributed by atoms with Crippen LogP contribution in [0.2, 0.25) is 0 Å². The summed E-state index contributed by atoms with van der Waals surface area (Å²) in [5, 5.41) is 10.7. The van der Waals surface area contributed by atoms with Crippen LogP contribution in [0.25, 0.3) is 0 Å².